The monoisotopic (exact) mass is 1960 g/mol. The minimum atomic E-state index is -1.93. The average Bonchev–Trinajstić information content (AvgIpc) is 1.73. The van der Waals surface area contributed by atoms with E-state index in [2.05, 4.69) is 100 Å². The van der Waals surface area contributed by atoms with Crippen LogP contribution in [0.3, 0.4) is 0 Å². The second-order valence-electron chi connectivity index (χ2n) is 34.3. The summed E-state index contributed by atoms with van der Waals surface area (Å²) in [5.41, 5.74) is 42.7. The van der Waals surface area contributed by atoms with Crippen LogP contribution in [0.4, 0.5) is 0 Å². The molecule has 49 nitrogen and oxygen atoms in total. The number of primary amides is 2. The van der Waals surface area contributed by atoms with E-state index in [4.69, 9.17) is 51.0 Å². The fraction of sp³-hybridized carbons (Fsp3) is 0.538. The number of aliphatic hydroxyl groups excluding tert-OH is 2. The van der Waals surface area contributed by atoms with Gasteiger partial charge >= 0.3 is 5.97 Å². The Hall–Kier alpha value is -14.5. The van der Waals surface area contributed by atoms with E-state index in [1.54, 1.807) is 105 Å². The highest BCUT2D eigenvalue weighted by molar-refractivity contribution is 6.02. The summed E-state index contributed by atoms with van der Waals surface area (Å²) >= 11 is 0. The molecular weight excluding hydrogens is 1820 g/mol. The number of amides is 17. The Morgan fingerprint density at radius 1 is 0.350 bits per heavy atom. The largest absolute Gasteiger partial charge is 0.481 e. The maximum absolute atomic E-state index is 15.4. The quantitative estimate of drug-likeness (QED) is 0.00978. The number of fused-ring (bicyclic) bond motifs is 2. The molecule has 0 aliphatic heterocycles. The van der Waals surface area contributed by atoms with Gasteiger partial charge in [-0.3, -0.25) is 97.1 Å². The number of nitrogens with one attached hydrogen (secondary N) is 21. The second-order valence-corrected chi connectivity index (χ2v) is 34.3. The Balaban J connectivity index is 1.47. The molecule has 0 saturated carbocycles. The summed E-state index contributed by atoms with van der Waals surface area (Å²) in [6, 6.07) is -1.71. The van der Waals surface area contributed by atoms with Gasteiger partial charge in [-0.15, -0.1) is 0 Å². The molecule has 140 heavy (non-hydrogen) atoms. The van der Waals surface area contributed by atoms with Crippen LogP contribution in [-0.4, -0.2) is 280 Å². The van der Waals surface area contributed by atoms with Crippen molar-refractivity contribution in [1.29, 1.82) is 10.8 Å². The van der Waals surface area contributed by atoms with Gasteiger partial charge in [-0.05, 0) is 165 Å². The van der Waals surface area contributed by atoms with E-state index in [0.717, 1.165) is 0 Å². The topological polar surface area (TPSA) is 834 Å². The van der Waals surface area contributed by atoms with Gasteiger partial charge in [0.25, 0.3) is 0 Å². The van der Waals surface area contributed by atoms with Gasteiger partial charge in [-0.25, -0.2) is 0 Å². The summed E-state index contributed by atoms with van der Waals surface area (Å²) in [6.45, 7) is 6.02. The first kappa shape index (κ1) is 116. The van der Waals surface area contributed by atoms with Crippen molar-refractivity contribution in [3.05, 3.63) is 108 Å². The second kappa shape index (κ2) is 61.0. The van der Waals surface area contributed by atoms with Crippen LogP contribution in [0.25, 0.3) is 21.8 Å². The normalized spacial score (nSPS) is 14.4. The van der Waals surface area contributed by atoms with Gasteiger partial charge < -0.3 is 156 Å². The zero-order valence-corrected chi connectivity index (χ0v) is 79.4. The Morgan fingerprint density at radius 3 is 1.05 bits per heavy atom. The molecule has 0 aliphatic rings. The van der Waals surface area contributed by atoms with Gasteiger partial charge in [0.15, 0.2) is 11.9 Å². The predicted octanol–water partition coefficient (Wildman–Crippen LogP) is -6.43. The summed E-state index contributed by atoms with van der Waals surface area (Å²) in [7, 11) is 0. The molecule has 0 bridgehead atoms. The number of nitrogens with two attached hydrogens (primary N) is 7. The maximum Gasteiger partial charge on any atom is 0.303 e. The van der Waals surface area contributed by atoms with E-state index in [1.165, 1.54) is 20.8 Å². The summed E-state index contributed by atoms with van der Waals surface area (Å²) in [6.07, 6.45) is 0.729. The van der Waals surface area contributed by atoms with E-state index >= 15 is 28.8 Å². The number of aromatic amines is 2. The molecule has 0 spiro atoms. The number of carbonyl (C=O) groups is 18. The van der Waals surface area contributed by atoms with E-state index in [9.17, 15) is 72.9 Å². The fourth-order valence-corrected chi connectivity index (χ4v) is 14.8. The minimum Gasteiger partial charge on any atom is -0.481 e. The van der Waals surface area contributed by atoms with Crippen LogP contribution < -0.4 is 131 Å². The van der Waals surface area contributed by atoms with Crippen molar-refractivity contribution in [1.82, 2.24) is 100 Å². The number of hydrogen-bond acceptors (Lipinski definition) is 25. The molecule has 0 fully saturated rings. The molecule has 5 rings (SSSR count). The molecule has 3 aromatic carbocycles. The molecule has 5 aromatic rings. The molecule has 49 heteroatoms. The van der Waals surface area contributed by atoms with Gasteiger partial charge in [0.05, 0.1) is 19.6 Å². The molecule has 38 N–H and O–H groups in total. The number of guanidine groups is 2. The van der Waals surface area contributed by atoms with Crippen LogP contribution in [-0.2, 0) is 106 Å². The number of aliphatic carboxylic acids is 1. The zero-order valence-electron chi connectivity index (χ0n) is 79.4. The third-order valence-corrected chi connectivity index (χ3v) is 22.5. The van der Waals surface area contributed by atoms with Gasteiger partial charge in [0.1, 0.15) is 90.6 Å². The third kappa shape index (κ3) is 40.7. The van der Waals surface area contributed by atoms with E-state index in [-0.39, 0.29) is 154 Å². The number of H-pyrrole nitrogens is 2. The molecule has 0 saturated heterocycles. The number of carboxylic acid groups (broad SMARTS) is 1. The summed E-state index contributed by atoms with van der Waals surface area (Å²) in [5, 5.41) is 89.9. The first-order valence-corrected chi connectivity index (χ1v) is 46.6. The average molecular weight is 1960 g/mol. The highest BCUT2D eigenvalue weighted by Gasteiger charge is 2.40. The van der Waals surface area contributed by atoms with Gasteiger partial charge in [-0.1, -0.05) is 87.5 Å². The standard InChI is InChI=1S/C91H140N28O21/c1-6-73(123)105-50(4)76(127)118-70(47-120)89(140)112-64(33-34-74(124)125)82(133)114-66(41-52-22-8-7-9-23-52)85(136)111-63(32-21-39-102-91(99)100)79(130)108-60(28-14-17-35-92)78(129)109-61(29-15-18-36-93)80(131)116-68(43-54-46-104-58-27-13-11-25-56(54)58)86(137)117-69(44-72(95)122)87(138)110-62(30-16-19-37-94)81(132)115-67(42-53-45-103-57-26-12-10-24-55(53)57)83(134)106-51(5)77(128)113-65(40-49(2)3)84(135)119-71(48-121)88(139)107-59(75(96)126)31-20-38-101-90(97)98/h7-13,22-27,45-46,49-51,59-71,103-104,120-121H,6,14-21,28-44,47-48,92-94H2,1-5H3,(H2,95,122)(H2,96,126)(H,105,123)(H,106,134)(H,107,139)(H,108,130)(H,109,129)(H,110,138)(H,111,136)(H,112,140)(H,113,128)(H,114,133)(H,115,132)(H,116,131)(H,117,137)(H,118,127)(H,119,135)(H,124,125)(H4,97,98,101)(H4,99,100,102). The Kier molecular flexibility index (Phi) is 50.5. The number of aliphatic hydroxyl groups is 2. The number of carboxylic acids is 1. The fourth-order valence-electron chi connectivity index (χ4n) is 14.8. The molecular formula is C91H140N28O21. The first-order valence-electron chi connectivity index (χ1n) is 46.6. The minimum absolute atomic E-state index is 0.000741. The van der Waals surface area contributed by atoms with E-state index in [1.807, 2.05) is 0 Å². The predicted molar refractivity (Wildman–Crippen MR) is 515 cm³/mol. The Bertz CT molecular complexity index is 5020. The molecule has 0 aliphatic carbocycles. The molecule has 15 unspecified atom stereocenters. The van der Waals surface area contributed by atoms with Crippen molar-refractivity contribution in [3.63, 3.8) is 0 Å². The lowest BCUT2D eigenvalue weighted by Gasteiger charge is -2.29. The number of carbonyl (C=O) groups excluding carboxylic acids is 17. The Morgan fingerprint density at radius 2 is 0.664 bits per heavy atom. The number of rotatable bonds is 66. The molecule has 2 heterocycles. The molecule has 17 amide bonds. The van der Waals surface area contributed by atoms with Crippen LogP contribution >= 0.6 is 0 Å². The highest BCUT2D eigenvalue weighted by Crippen LogP contribution is 2.23. The van der Waals surface area contributed by atoms with Crippen LogP contribution in [0, 0.1) is 16.7 Å². The number of aromatic nitrogens is 2. The molecule has 0 radical (unpaired) electrons. The van der Waals surface area contributed by atoms with Crippen LogP contribution in [0.1, 0.15) is 167 Å². The summed E-state index contributed by atoms with van der Waals surface area (Å²) < 4.78 is 0. The number of benzene rings is 3. The lowest BCUT2D eigenvalue weighted by atomic mass is 10.0. The van der Waals surface area contributed by atoms with Crippen molar-refractivity contribution in [3.8, 4) is 0 Å². The number of para-hydroxylation sites is 2. The van der Waals surface area contributed by atoms with Gasteiger partial charge in [0, 0.05) is 79.4 Å². The summed E-state index contributed by atoms with van der Waals surface area (Å²) in [4.78, 5) is 259. The lowest BCUT2D eigenvalue weighted by Crippen LogP contribution is -2.61. The van der Waals surface area contributed by atoms with Gasteiger partial charge in [-0.2, -0.15) is 0 Å². The number of unbranched alkanes of at least 4 members (excludes halogenated alkanes) is 3. The maximum atomic E-state index is 15.4. The van der Waals surface area contributed by atoms with E-state index in [0.29, 0.717) is 44.9 Å². The SMILES string of the molecule is CCC(=O)NC(C)C(=O)NC(CO)C(=O)NC(CCC(=O)O)C(=O)NC(Cc1ccccc1)C(=O)NC(CCCNC(=N)N)C(=O)NC(CCCCN)C(=O)NC(CCCCN)C(=O)NC(Cc1c[nH]c2ccccc12)C(=O)NC(CC(N)=O)C(=O)NC(CCCCN)C(=O)NC(Cc1c[nH]c2ccccc12)C(=O)NC(C)C(=O)NC(CC(C)C)C(=O)NC(CO)C(=O)NC(CCCNC(=N)N)C(N)=O. The van der Waals surface area contributed by atoms with Crippen molar-refractivity contribution in [2.75, 3.05) is 45.9 Å². The Labute approximate surface area is 809 Å². The van der Waals surface area contributed by atoms with Crippen molar-refractivity contribution >= 4 is 140 Å². The van der Waals surface area contributed by atoms with Crippen LogP contribution in [0.2, 0.25) is 0 Å². The number of hydrogen-bond donors (Lipinski definition) is 31. The molecule has 15 atom stereocenters. The van der Waals surface area contributed by atoms with Crippen LogP contribution in [0.5, 0.6) is 0 Å². The smallest absolute Gasteiger partial charge is 0.303 e. The summed E-state index contributed by atoms with van der Waals surface area (Å²) in [5.74, 6) is -19.4. The zero-order chi connectivity index (χ0) is 104. The van der Waals surface area contributed by atoms with Crippen molar-refractivity contribution in [2.45, 2.75) is 260 Å². The lowest BCUT2D eigenvalue weighted by molar-refractivity contribution is -0.139. The van der Waals surface area contributed by atoms with Crippen molar-refractivity contribution in [2.24, 2.45) is 46.1 Å². The van der Waals surface area contributed by atoms with E-state index < -0.39 is 235 Å². The first-order chi connectivity index (χ1) is 66.6. The molecule has 2 aromatic heterocycles. The van der Waals surface area contributed by atoms with Gasteiger partial charge in [0.2, 0.25) is 100 Å². The van der Waals surface area contributed by atoms with Crippen molar-refractivity contribution < 1.29 is 102 Å². The third-order valence-electron chi connectivity index (χ3n) is 22.5. The van der Waals surface area contributed by atoms with Crippen LogP contribution in [0.15, 0.2) is 91.3 Å². The molecule has 770 valence electrons. The highest BCUT2D eigenvalue weighted by atomic mass is 16.4.